The molecule has 0 fully saturated rings. The van der Waals surface area contributed by atoms with Crippen molar-refractivity contribution in [2.75, 3.05) is 11.8 Å². The van der Waals surface area contributed by atoms with Crippen molar-refractivity contribution in [1.29, 1.82) is 0 Å². The van der Waals surface area contributed by atoms with Crippen molar-refractivity contribution < 1.29 is 30.7 Å². The third-order valence-electron chi connectivity index (χ3n) is 2.89. The van der Waals surface area contributed by atoms with E-state index in [0.29, 0.717) is 6.07 Å². The number of rotatable bonds is 4. The lowest BCUT2D eigenvalue weighted by Crippen LogP contribution is -2.18. The Bertz CT molecular complexity index is 819. The molecule has 2 aromatic rings. The van der Waals surface area contributed by atoms with E-state index in [9.17, 15) is 26.0 Å². The number of halogens is 4. The van der Waals surface area contributed by atoms with Crippen LogP contribution in [0.15, 0.2) is 47.4 Å². The Balaban J connectivity index is 2.51. The lowest BCUT2D eigenvalue weighted by atomic mass is 10.2. The molecule has 0 radical (unpaired) electrons. The Hall–Kier alpha value is -2.29. The maximum atomic E-state index is 13.3. The van der Waals surface area contributed by atoms with Crippen LogP contribution >= 0.6 is 0 Å². The van der Waals surface area contributed by atoms with Gasteiger partial charge in [0.15, 0.2) is 0 Å². The monoisotopic (exact) mass is 349 g/mol. The summed E-state index contributed by atoms with van der Waals surface area (Å²) in [6, 6.07) is 6.78. The number of alkyl halides is 3. The van der Waals surface area contributed by atoms with Crippen LogP contribution in [0.2, 0.25) is 0 Å². The first kappa shape index (κ1) is 17.1. The zero-order valence-electron chi connectivity index (χ0n) is 11.7. The number of sulfonamides is 1. The van der Waals surface area contributed by atoms with Gasteiger partial charge in [0, 0.05) is 0 Å². The molecular weight excluding hydrogens is 338 g/mol. The summed E-state index contributed by atoms with van der Waals surface area (Å²) < 4.78 is 83.2. The van der Waals surface area contributed by atoms with E-state index in [1.165, 1.54) is 6.07 Å². The van der Waals surface area contributed by atoms with Gasteiger partial charge < -0.3 is 4.74 Å². The molecule has 0 aliphatic rings. The molecule has 0 atom stereocenters. The molecule has 0 unspecified atom stereocenters. The minimum atomic E-state index is -4.74. The van der Waals surface area contributed by atoms with Crippen molar-refractivity contribution in [3.05, 3.63) is 53.8 Å². The van der Waals surface area contributed by atoms with E-state index in [1.807, 2.05) is 4.72 Å². The van der Waals surface area contributed by atoms with Crippen LogP contribution in [0.25, 0.3) is 0 Å². The maximum absolute atomic E-state index is 13.3. The number of anilines is 1. The molecule has 0 aliphatic heterocycles. The van der Waals surface area contributed by atoms with E-state index in [0.717, 1.165) is 37.4 Å². The Morgan fingerprint density at radius 2 is 1.74 bits per heavy atom. The van der Waals surface area contributed by atoms with Crippen LogP contribution in [0.1, 0.15) is 5.56 Å². The predicted molar refractivity (Wildman–Crippen MR) is 75.2 cm³/mol. The van der Waals surface area contributed by atoms with Crippen LogP contribution in [0.5, 0.6) is 5.75 Å². The quantitative estimate of drug-likeness (QED) is 0.857. The zero-order valence-corrected chi connectivity index (χ0v) is 12.5. The van der Waals surface area contributed by atoms with Crippen LogP contribution in [0.4, 0.5) is 23.2 Å². The molecule has 124 valence electrons. The Morgan fingerprint density at radius 3 is 2.35 bits per heavy atom. The third kappa shape index (κ3) is 3.73. The van der Waals surface area contributed by atoms with Gasteiger partial charge in [-0.25, -0.2) is 12.8 Å². The van der Waals surface area contributed by atoms with Gasteiger partial charge in [-0.05, 0) is 30.3 Å². The van der Waals surface area contributed by atoms with E-state index in [1.54, 1.807) is 0 Å². The van der Waals surface area contributed by atoms with Crippen molar-refractivity contribution in [3.63, 3.8) is 0 Å². The molecule has 0 heterocycles. The normalized spacial score (nSPS) is 12.0. The lowest BCUT2D eigenvalue weighted by Gasteiger charge is -2.15. The van der Waals surface area contributed by atoms with Gasteiger partial charge in [0.05, 0.1) is 18.4 Å². The van der Waals surface area contributed by atoms with Crippen LogP contribution < -0.4 is 9.46 Å². The van der Waals surface area contributed by atoms with Crippen LogP contribution in [-0.2, 0) is 16.2 Å². The third-order valence-corrected chi connectivity index (χ3v) is 4.28. The minimum Gasteiger partial charge on any atom is -0.495 e. The average Bonchev–Trinajstić information content (AvgIpc) is 2.46. The Kier molecular flexibility index (Phi) is 4.51. The van der Waals surface area contributed by atoms with E-state index in [-0.39, 0.29) is 5.75 Å². The first-order chi connectivity index (χ1) is 10.6. The second-order valence-corrected chi connectivity index (χ2v) is 6.09. The number of ether oxygens (including phenoxy) is 1. The molecule has 0 spiro atoms. The van der Waals surface area contributed by atoms with Gasteiger partial charge in [0.1, 0.15) is 16.5 Å². The van der Waals surface area contributed by atoms with E-state index >= 15 is 0 Å². The van der Waals surface area contributed by atoms with Gasteiger partial charge in [0.25, 0.3) is 10.0 Å². The number of para-hydroxylation sites is 1. The van der Waals surface area contributed by atoms with Crippen LogP contribution in [0.3, 0.4) is 0 Å². The summed E-state index contributed by atoms with van der Waals surface area (Å²) in [5.41, 5.74) is -1.81. The molecule has 0 amide bonds. The molecule has 1 N–H and O–H groups in total. The first-order valence-electron chi connectivity index (χ1n) is 6.18. The van der Waals surface area contributed by atoms with Crippen LogP contribution in [-0.4, -0.2) is 15.5 Å². The summed E-state index contributed by atoms with van der Waals surface area (Å²) in [6.45, 7) is 0. The number of hydrogen-bond acceptors (Lipinski definition) is 3. The predicted octanol–water partition coefficient (Wildman–Crippen LogP) is 3.65. The van der Waals surface area contributed by atoms with Gasteiger partial charge >= 0.3 is 6.18 Å². The summed E-state index contributed by atoms with van der Waals surface area (Å²) in [4.78, 5) is -0.600. The Morgan fingerprint density at radius 1 is 1.09 bits per heavy atom. The molecule has 2 aromatic carbocycles. The number of nitrogens with one attached hydrogen (secondary N) is 1. The van der Waals surface area contributed by atoms with Gasteiger partial charge in [-0.2, -0.15) is 13.2 Å². The smallest absolute Gasteiger partial charge is 0.418 e. The highest BCUT2D eigenvalue weighted by Gasteiger charge is 2.34. The summed E-state index contributed by atoms with van der Waals surface area (Å²) >= 11 is 0. The molecule has 4 nitrogen and oxygen atoms in total. The molecule has 0 aromatic heterocycles. The highest BCUT2D eigenvalue weighted by molar-refractivity contribution is 7.92. The average molecular weight is 349 g/mol. The molecule has 9 heteroatoms. The number of methoxy groups -OCH3 is 1. The molecule has 0 bridgehead atoms. The van der Waals surface area contributed by atoms with Crippen molar-refractivity contribution in [2.24, 2.45) is 0 Å². The van der Waals surface area contributed by atoms with Crippen LogP contribution in [0, 0.1) is 5.82 Å². The first-order valence-corrected chi connectivity index (χ1v) is 7.66. The maximum Gasteiger partial charge on any atom is 0.418 e. The number of hydrogen-bond donors (Lipinski definition) is 1. The fourth-order valence-electron chi connectivity index (χ4n) is 1.88. The van der Waals surface area contributed by atoms with Gasteiger partial charge in [-0.1, -0.05) is 12.1 Å². The molecule has 2 rings (SSSR count). The standard InChI is InChI=1S/C14H11F4NO3S/c1-22-12-7-6-9(15)8-13(12)23(20,21)19-11-5-3-2-4-10(11)14(16,17)18/h2-8,19H,1H3. The van der Waals surface area contributed by atoms with Gasteiger partial charge in [-0.15, -0.1) is 0 Å². The second-order valence-electron chi connectivity index (χ2n) is 4.44. The molecular formula is C14H11F4NO3S. The van der Waals surface area contributed by atoms with Crippen molar-refractivity contribution in [2.45, 2.75) is 11.1 Å². The fourth-order valence-corrected chi connectivity index (χ4v) is 3.14. The lowest BCUT2D eigenvalue weighted by molar-refractivity contribution is -0.136. The highest BCUT2D eigenvalue weighted by atomic mass is 32.2. The zero-order chi connectivity index (χ0) is 17.3. The van der Waals surface area contributed by atoms with Gasteiger partial charge in [0.2, 0.25) is 0 Å². The van der Waals surface area contributed by atoms with Crippen molar-refractivity contribution >= 4 is 15.7 Å². The van der Waals surface area contributed by atoms with E-state index in [2.05, 4.69) is 0 Å². The summed E-state index contributed by atoms with van der Waals surface area (Å²) in [6.07, 6.45) is -4.74. The van der Waals surface area contributed by atoms with Gasteiger partial charge in [-0.3, -0.25) is 4.72 Å². The summed E-state index contributed by atoms with van der Waals surface area (Å²) in [7, 11) is -3.31. The molecule has 23 heavy (non-hydrogen) atoms. The fraction of sp³-hybridized carbons (Fsp3) is 0.143. The van der Waals surface area contributed by atoms with E-state index < -0.39 is 38.2 Å². The minimum absolute atomic E-state index is 0.191. The molecule has 0 aliphatic carbocycles. The Labute approximate surface area is 129 Å². The topological polar surface area (TPSA) is 55.4 Å². The SMILES string of the molecule is COc1ccc(F)cc1S(=O)(=O)Nc1ccccc1C(F)(F)F. The summed E-state index contributed by atoms with van der Waals surface area (Å²) in [5, 5.41) is 0. The molecule has 0 saturated heterocycles. The second kappa shape index (κ2) is 6.07. The largest absolute Gasteiger partial charge is 0.495 e. The highest BCUT2D eigenvalue weighted by Crippen LogP contribution is 2.36. The van der Waals surface area contributed by atoms with E-state index in [4.69, 9.17) is 4.74 Å². The summed E-state index contributed by atoms with van der Waals surface area (Å²) in [5.74, 6) is -1.06. The molecule has 0 saturated carbocycles. The van der Waals surface area contributed by atoms with Crippen molar-refractivity contribution in [3.8, 4) is 5.75 Å². The van der Waals surface area contributed by atoms with Crippen molar-refractivity contribution in [1.82, 2.24) is 0 Å². The number of benzene rings is 2.